The summed E-state index contributed by atoms with van der Waals surface area (Å²) in [6.07, 6.45) is 1.44. The van der Waals surface area contributed by atoms with Crippen LogP contribution < -0.4 is 0 Å². The van der Waals surface area contributed by atoms with E-state index in [9.17, 15) is 9.59 Å². The number of likely N-dealkylation sites (tertiary alicyclic amines) is 1. The number of piperidine rings is 1. The molecule has 0 N–H and O–H groups in total. The molecule has 1 aromatic heterocycles. The third-order valence-electron chi connectivity index (χ3n) is 3.51. The molecule has 0 bridgehead atoms. The number of hydrogen-bond donors (Lipinski definition) is 0. The maximum atomic E-state index is 12.3. The van der Waals surface area contributed by atoms with Crippen molar-refractivity contribution in [2.45, 2.75) is 12.8 Å². The number of rotatable bonds is 2. The molecule has 0 aliphatic carbocycles. The molecule has 2 amide bonds. The molecule has 0 radical (unpaired) electrons. The van der Waals surface area contributed by atoms with Crippen molar-refractivity contribution in [1.82, 2.24) is 14.8 Å². The van der Waals surface area contributed by atoms with Crippen molar-refractivity contribution in [1.29, 1.82) is 0 Å². The smallest absolute Gasteiger partial charge is 0.272 e. The van der Waals surface area contributed by atoms with Gasteiger partial charge in [-0.2, -0.15) is 0 Å². The lowest BCUT2D eigenvalue weighted by Crippen LogP contribution is -2.43. The normalized spacial score (nSPS) is 16.1. The Bertz CT molecular complexity index is 511. The molecule has 2 heterocycles. The highest BCUT2D eigenvalue weighted by Crippen LogP contribution is 2.20. The topological polar surface area (TPSA) is 53.5 Å². The van der Waals surface area contributed by atoms with E-state index in [1.54, 1.807) is 42.1 Å². The molecule has 0 spiro atoms. The number of halogens is 1. The molecule has 1 aromatic rings. The molecule has 6 heteroatoms. The maximum absolute atomic E-state index is 12.3. The lowest BCUT2D eigenvalue weighted by Gasteiger charge is -2.32. The third kappa shape index (κ3) is 3.36. The van der Waals surface area contributed by atoms with Crippen molar-refractivity contribution >= 4 is 27.7 Å². The van der Waals surface area contributed by atoms with Crippen LogP contribution in [0.2, 0.25) is 0 Å². The molecule has 0 aromatic carbocycles. The molecule has 0 atom stereocenters. The van der Waals surface area contributed by atoms with E-state index in [2.05, 4.69) is 20.9 Å². The van der Waals surface area contributed by atoms with Crippen molar-refractivity contribution in [2.75, 3.05) is 27.2 Å². The summed E-state index contributed by atoms with van der Waals surface area (Å²) in [5.41, 5.74) is 0.441. The summed E-state index contributed by atoms with van der Waals surface area (Å²) >= 11 is 3.27. The number of amides is 2. The second-order valence-corrected chi connectivity index (χ2v) is 5.96. The lowest BCUT2D eigenvalue weighted by atomic mass is 9.95. The van der Waals surface area contributed by atoms with Crippen LogP contribution in [0.3, 0.4) is 0 Å². The minimum Gasteiger partial charge on any atom is -0.349 e. The number of hydrogen-bond acceptors (Lipinski definition) is 3. The number of nitrogens with zero attached hydrogens (tertiary/aromatic N) is 3. The molecular formula is C14H18BrN3O2. The number of aromatic nitrogens is 1. The van der Waals surface area contributed by atoms with Gasteiger partial charge in [0.15, 0.2) is 0 Å². The molecule has 1 saturated heterocycles. The van der Waals surface area contributed by atoms with E-state index in [4.69, 9.17) is 0 Å². The summed E-state index contributed by atoms with van der Waals surface area (Å²) < 4.78 is 0.654. The number of carbonyl (C=O) groups is 2. The highest BCUT2D eigenvalue weighted by Gasteiger charge is 2.28. The minimum absolute atomic E-state index is 0.0320. The average Bonchev–Trinajstić information content (AvgIpc) is 2.46. The highest BCUT2D eigenvalue weighted by atomic mass is 79.9. The summed E-state index contributed by atoms with van der Waals surface area (Å²) in [6, 6.07) is 5.30. The van der Waals surface area contributed by atoms with Crippen LogP contribution in [0.15, 0.2) is 22.8 Å². The van der Waals surface area contributed by atoms with E-state index in [-0.39, 0.29) is 17.7 Å². The summed E-state index contributed by atoms with van der Waals surface area (Å²) in [5, 5.41) is 0. The van der Waals surface area contributed by atoms with Gasteiger partial charge in [-0.05, 0) is 40.9 Å². The molecule has 1 aliphatic heterocycles. The Kier molecular flexibility index (Phi) is 4.75. The standard InChI is InChI=1S/C14H18BrN3O2/c1-17(2)13(19)10-6-8-18(9-7-10)14(20)11-4-3-5-12(15)16-11/h3-5,10H,6-9H2,1-2H3. The van der Waals surface area contributed by atoms with Crippen molar-refractivity contribution in [2.24, 2.45) is 5.92 Å². The van der Waals surface area contributed by atoms with Crippen LogP contribution in [0.5, 0.6) is 0 Å². The Hall–Kier alpha value is -1.43. The second-order valence-electron chi connectivity index (χ2n) is 5.14. The lowest BCUT2D eigenvalue weighted by molar-refractivity contribution is -0.134. The number of pyridine rings is 1. The third-order valence-corrected chi connectivity index (χ3v) is 3.95. The van der Waals surface area contributed by atoms with Crippen molar-refractivity contribution < 1.29 is 9.59 Å². The molecule has 1 aliphatic rings. The van der Waals surface area contributed by atoms with Crippen LogP contribution in [-0.2, 0) is 4.79 Å². The fourth-order valence-corrected chi connectivity index (χ4v) is 2.73. The van der Waals surface area contributed by atoms with Crippen LogP contribution in [0.25, 0.3) is 0 Å². The van der Waals surface area contributed by atoms with Crippen molar-refractivity contribution in [3.8, 4) is 0 Å². The quantitative estimate of drug-likeness (QED) is 0.772. The zero-order chi connectivity index (χ0) is 14.7. The maximum Gasteiger partial charge on any atom is 0.272 e. The van der Waals surface area contributed by atoms with Crippen molar-refractivity contribution in [3.05, 3.63) is 28.5 Å². The van der Waals surface area contributed by atoms with Gasteiger partial charge in [0, 0.05) is 33.1 Å². The largest absolute Gasteiger partial charge is 0.349 e. The Labute approximate surface area is 127 Å². The zero-order valence-electron chi connectivity index (χ0n) is 11.7. The van der Waals surface area contributed by atoms with Gasteiger partial charge in [0.05, 0.1) is 0 Å². The van der Waals surface area contributed by atoms with Gasteiger partial charge in [-0.1, -0.05) is 6.07 Å². The first-order valence-electron chi connectivity index (χ1n) is 6.62. The molecule has 108 valence electrons. The predicted molar refractivity (Wildman–Crippen MR) is 79.3 cm³/mol. The van der Waals surface area contributed by atoms with E-state index in [1.807, 2.05) is 0 Å². The van der Waals surface area contributed by atoms with E-state index >= 15 is 0 Å². The van der Waals surface area contributed by atoms with Gasteiger partial charge in [0.1, 0.15) is 10.3 Å². The molecule has 1 fully saturated rings. The fourth-order valence-electron chi connectivity index (χ4n) is 2.38. The van der Waals surface area contributed by atoms with Crippen molar-refractivity contribution in [3.63, 3.8) is 0 Å². The van der Waals surface area contributed by atoms with Gasteiger partial charge in [0.25, 0.3) is 5.91 Å². The Morgan fingerprint density at radius 1 is 1.30 bits per heavy atom. The van der Waals surface area contributed by atoms with Gasteiger partial charge in [-0.15, -0.1) is 0 Å². The molecule has 0 saturated carbocycles. The minimum atomic E-state index is -0.0675. The summed E-state index contributed by atoms with van der Waals surface area (Å²) in [5.74, 6) is 0.115. The van der Waals surface area contributed by atoms with Crippen LogP contribution in [0, 0.1) is 5.92 Å². The van der Waals surface area contributed by atoms with Crippen LogP contribution in [0.1, 0.15) is 23.3 Å². The van der Waals surface area contributed by atoms with Gasteiger partial charge < -0.3 is 9.80 Å². The first-order valence-corrected chi connectivity index (χ1v) is 7.41. The summed E-state index contributed by atoms with van der Waals surface area (Å²) in [6.45, 7) is 1.22. The van der Waals surface area contributed by atoms with E-state index in [0.29, 0.717) is 23.4 Å². The van der Waals surface area contributed by atoms with E-state index < -0.39 is 0 Å². The zero-order valence-corrected chi connectivity index (χ0v) is 13.3. The second kappa shape index (κ2) is 6.35. The Morgan fingerprint density at radius 3 is 2.50 bits per heavy atom. The molecule has 20 heavy (non-hydrogen) atoms. The molecule has 0 unspecified atom stereocenters. The Morgan fingerprint density at radius 2 is 1.95 bits per heavy atom. The van der Waals surface area contributed by atoms with Crippen LogP contribution in [0.4, 0.5) is 0 Å². The first kappa shape index (κ1) is 15.0. The number of carbonyl (C=O) groups excluding carboxylic acids is 2. The van der Waals surface area contributed by atoms with Gasteiger partial charge >= 0.3 is 0 Å². The van der Waals surface area contributed by atoms with Crippen LogP contribution in [-0.4, -0.2) is 53.8 Å². The average molecular weight is 340 g/mol. The Balaban J connectivity index is 1.97. The van der Waals surface area contributed by atoms with Gasteiger partial charge in [-0.3, -0.25) is 9.59 Å². The van der Waals surface area contributed by atoms with Gasteiger partial charge in [-0.25, -0.2) is 4.98 Å². The van der Waals surface area contributed by atoms with E-state index in [1.165, 1.54) is 0 Å². The van der Waals surface area contributed by atoms with E-state index in [0.717, 1.165) is 12.8 Å². The SMILES string of the molecule is CN(C)C(=O)C1CCN(C(=O)c2cccc(Br)n2)CC1. The van der Waals surface area contributed by atoms with Gasteiger partial charge in [0.2, 0.25) is 5.91 Å². The highest BCUT2D eigenvalue weighted by molar-refractivity contribution is 9.10. The monoisotopic (exact) mass is 339 g/mol. The predicted octanol–water partition coefficient (Wildman–Crippen LogP) is 1.78. The fraction of sp³-hybridized carbons (Fsp3) is 0.500. The molecule has 2 rings (SSSR count). The van der Waals surface area contributed by atoms with Crippen LogP contribution >= 0.6 is 15.9 Å². The molecule has 5 nitrogen and oxygen atoms in total. The first-order chi connectivity index (χ1) is 9.49. The molecular weight excluding hydrogens is 322 g/mol. The summed E-state index contributed by atoms with van der Waals surface area (Å²) in [4.78, 5) is 31.8. The summed E-state index contributed by atoms with van der Waals surface area (Å²) in [7, 11) is 3.54.